The average Bonchev–Trinajstić information content (AvgIpc) is 3.34. The molecule has 2 heterocycles. The van der Waals surface area contributed by atoms with E-state index in [1.165, 1.54) is 11.8 Å². The van der Waals surface area contributed by atoms with E-state index >= 15 is 0 Å². The summed E-state index contributed by atoms with van der Waals surface area (Å²) >= 11 is 4.61. The molecule has 4 rings (SSSR count). The highest BCUT2D eigenvalue weighted by Gasteiger charge is 2.08. The van der Waals surface area contributed by atoms with Crippen molar-refractivity contribution in [1.29, 1.82) is 0 Å². The molecule has 0 aliphatic rings. The summed E-state index contributed by atoms with van der Waals surface area (Å²) in [6.45, 7) is 0. The molecule has 0 radical (unpaired) electrons. The van der Waals surface area contributed by atoms with Gasteiger partial charge in [0, 0.05) is 32.8 Å². The summed E-state index contributed by atoms with van der Waals surface area (Å²) < 4.78 is 0.904. The zero-order valence-corrected chi connectivity index (χ0v) is 17.4. The van der Waals surface area contributed by atoms with Gasteiger partial charge in [0.05, 0.1) is 12.0 Å². The summed E-state index contributed by atoms with van der Waals surface area (Å²) in [6.07, 6.45) is 3.60. The number of para-hydroxylation sites is 1. The van der Waals surface area contributed by atoms with Crippen molar-refractivity contribution in [2.45, 2.75) is 5.16 Å². The first kappa shape index (κ1) is 19.2. The normalized spacial score (nSPS) is 11.2. The molecule has 8 nitrogen and oxygen atoms in total. The fourth-order valence-electron chi connectivity index (χ4n) is 2.62. The third-order valence-electron chi connectivity index (χ3n) is 3.90. The standard InChI is InChI=1S/C19H16BrN7OS/c20-13-4-3-5-14(8-13)23-17(28)11-29-19-24-18(26-27-19)25-22-10-12-9-21-16-7-2-1-6-15(12)16/h1-10,21H,11H2,(H,23,28)(H2,24,25,26,27)/b22-10-. The Balaban J connectivity index is 1.29. The number of nitrogens with zero attached hydrogens (tertiary/aromatic N) is 3. The number of hydrogen-bond acceptors (Lipinski definition) is 6. The number of aromatic nitrogens is 4. The molecule has 0 atom stereocenters. The highest BCUT2D eigenvalue weighted by atomic mass is 79.9. The van der Waals surface area contributed by atoms with E-state index in [9.17, 15) is 4.79 Å². The van der Waals surface area contributed by atoms with Gasteiger partial charge in [-0.15, -0.1) is 5.10 Å². The van der Waals surface area contributed by atoms with Crippen molar-refractivity contribution in [2.24, 2.45) is 5.10 Å². The largest absolute Gasteiger partial charge is 0.361 e. The topological polar surface area (TPSA) is 111 Å². The lowest BCUT2D eigenvalue weighted by Gasteiger charge is -2.04. The van der Waals surface area contributed by atoms with Gasteiger partial charge in [0.1, 0.15) is 0 Å². The van der Waals surface area contributed by atoms with Gasteiger partial charge >= 0.3 is 0 Å². The molecule has 0 aliphatic carbocycles. The molecule has 0 spiro atoms. The summed E-state index contributed by atoms with van der Waals surface area (Å²) in [5.74, 6) is 0.461. The van der Waals surface area contributed by atoms with Crippen LogP contribution in [0, 0.1) is 0 Å². The van der Waals surface area contributed by atoms with Crippen LogP contribution in [0.5, 0.6) is 0 Å². The van der Waals surface area contributed by atoms with Crippen LogP contribution in [0.3, 0.4) is 0 Å². The van der Waals surface area contributed by atoms with Gasteiger partial charge < -0.3 is 10.3 Å². The Kier molecular flexibility index (Phi) is 5.92. The maximum absolute atomic E-state index is 12.1. The minimum Gasteiger partial charge on any atom is -0.361 e. The van der Waals surface area contributed by atoms with E-state index in [0.29, 0.717) is 11.1 Å². The Morgan fingerprint density at radius 2 is 2.14 bits per heavy atom. The van der Waals surface area contributed by atoms with Gasteiger partial charge in [-0.1, -0.05) is 52.0 Å². The highest BCUT2D eigenvalue weighted by Crippen LogP contribution is 2.18. The van der Waals surface area contributed by atoms with Gasteiger partial charge in [0.2, 0.25) is 17.0 Å². The van der Waals surface area contributed by atoms with E-state index < -0.39 is 0 Å². The SMILES string of the molecule is O=C(CSc1n[nH]c(N/N=C\c2c[nH]c3ccccc23)n1)Nc1cccc(Br)c1. The number of nitrogens with one attached hydrogen (secondary N) is 4. The number of fused-ring (bicyclic) bond motifs is 1. The molecule has 1 amide bonds. The number of aromatic amines is 2. The maximum atomic E-state index is 12.1. The Bertz CT molecular complexity index is 1170. The van der Waals surface area contributed by atoms with Crippen molar-refractivity contribution < 1.29 is 4.79 Å². The van der Waals surface area contributed by atoms with E-state index in [1.54, 1.807) is 6.21 Å². The van der Waals surface area contributed by atoms with Gasteiger partial charge in [0.15, 0.2) is 0 Å². The summed E-state index contributed by atoms with van der Waals surface area (Å²) in [7, 11) is 0. The number of rotatable bonds is 7. The second-order valence-electron chi connectivity index (χ2n) is 5.97. The molecule has 0 bridgehead atoms. The van der Waals surface area contributed by atoms with E-state index in [1.807, 2.05) is 54.7 Å². The van der Waals surface area contributed by atoms with Crippen molar-refractivity contribution in [3.63, 3.8) is 0 Å². The quantitative estimate of drug-likeness (QED) is 0.184. The monoisotopic (exact) mass is 469 g/mol. The first-order chi connectivity index (χ1) is 14.2. The first-order valence-electron chi connectivity index (χ1n) is 8.63. The fraction of sp³-hybridized carbons (Fsp3) is 0.0526. The van der Waals surface area contributed by atoms with Crippen molar-refractivity contribution in [3.05, 3.63) is 64.8 Å². The zero-order valence-electron chi connectivity index (χ0n) is 15.0. The van der Waals surface area contributed by atoms with Crippen LogP contribution in [-0.4, -0.2) is 38.0 Å². The lowest BCUT2D eigenvalue weighted by molar-refractivity contribution is -0.113. The van der Waals surface area contributed by atoms with Crippen molar-refractivity contribution in [3.8, 4) is 0 Å². The minimum absolute atomic E-state index is 0.134. The van der Waals surface area contributed by atoms with Crippen LogP contribution in [0.4, 0.5) is 11.6 Å². The average molecular weight is 470 g/mol. The number of H-pyrrole nitrogens is 2. The number of halogens is 1. The molecule has 0 aliphatic heterocycles. The molecule has 4 aromatic rings. The van der Waals surface area contributed by atoms with Crippen LogP contribution in [0.15, 0.2) is 69.5 Å². The number of carbonyl (C=O) groups excluding carboxylic acids is 1. The lowest BCUT2D eigenvalue weighted by atomic mass is 10.2. The summed E-state index contributed by atoms with van der Waals surface area (Å²) in [6, 6.07) is 15.4. The Labute approximate surface area is 178 Å². The Morgan fingerprint density at radius 1 is 1.24 bits per heavy atom. The second kappa shape index (κ2) is 8.93. The number of thioether (sulfide) groups is 1. The molecule has 0 fully saturated rings. The number of carbonyl (C=O) groups is 1. The third kappa shape index (κ3) is 5.04. The van der Waals surface area contributed by atoms with Gasteiger partial charge in [-0.05, 0) is 24.3 Å². The van der Waals surface area contributed by atoms with Crippen LogP contribution in [-0.2, 0) is 4.79 Å². The number of amides is 1. The predicted molar refractivity (Wildman–Crippen MR) is 119 cm³/mol. The van der Waals surface area contributed by atoms with Crippen molar-refractivity contribution in [1.82, 2.24) is 20.2 Å². The maximum Gasteiger partial charge on any atom is 0.240 e. The molecule has 0 saturated carbocycles. The molecule has 29 heavy (non-hydrogen) atoms. The summed E-state index contributed by atoms with van der Waals surface area (Å²) in [4.78, 5) is 19.5. The number of hydrazone groups is 1. The molecule has 2 aromatic carbocycles. The predicted octanol–water partition coefficient (Wildman–Crippen LogP) is 4.23. The van der Waals surface area contributed by atoms with Gasteiger partial charge in [-0.25, -0.2) is 10.5 Å². The molecular weight excluding hydrogens is 454 g/mol. The Hall–Kier alpha value is -3.11. The van der Waals surface area contributed by atoms with Crippen LogP contribution in [0.25, 0.3) is 10.9 Å². The van der Waals surface area contributed by atoms with Crippen molar-refractivity contribution in [2.75, 3.05) is 16.5 Å². The van der Waals surface area contributed by atoms with E-state index in [2.05, 4.69) is 51.9 Å². The smallest absolute Gasteiger partial charge is 0.240 e. The highest BCUT2D eigenvalue weighted by molar-refractivity contribution is 9.10. The van der Waals surface area contributed by atoms with Crippen LogP contribution >= 0.6 is 27.7 Å². The van der Waals surface area contributed by atoms with Gasteiger partial charge in [-0.2, -0.15) is 10.1 Å². The number of hydrogen-bond donors (Lipinski definition) is 4. The minimum atomic E-state index is -0.134. The Morgan fingerprint density at radius 3 is 3.03 bits per heavy atom. The number of anilines is 2. The second-order valence-corrected chi connectivity index (χ2v) is 7.83. The molecule has 4 N–H and O–H groups in total. The molecular formula is C19H16BrN7OS. The molecule has 2 aromatic heterocycles. The lowest BCUT2D eigenvalue weighted by Crippen LogP contribution is -2.14. The van der Waals surface area contributed by atoms with E-state index in [0.717, 1.165) is 26.6 Å². The zero-order chi connectivity index (χ0) is 20.1. The van der Waals surface area contributed by atoms with E-state index in [4.69, 9.17) is 0 Å². The van der Waals surface area contributed by atoms with Crippen LogP contribution in [0.2, 0.25) is 0 Å². The van der Waals surface area contributed by atoms with Crippen LogP contribution in [0.1, 0.15) is 5.56 Å². The fourth-order valence-corrected chi connectivity index (χ4v) is 3.62. The summed E-state index contributed by atoms with van der Waals surface area (Å²) in [5, 5.41) is 15.4. The molecule has 10 heteroatoms. The van der Waals surface area contributed by atoms with Crippen molar-refractivity contribution >= 4 is 62.4 Å². The summed E-state index contributed by atoms with van der Waals surface area (Å²) in [5.41, 5.74) is 5.55. The molecule has 0 saturated heterocycles. The van der Waals surface area contributed by atoms with Gasteiger partial charge in [0.25, 0.3) is 0 Å². The first-order valence-corrected chi connectivity index (χ1v) is 10.4. The molecule has 0 unspecified atom stereocenters. The molecule has 146 valence electrons. The van der Waals surface area contributed by atoms with Crippen LogP contribution < -0.4 is 10.7 Å². The number of benzene rings is 2. The van der Waals surface area contributed by atoms with E-state index in [-0.39, 0.29) is 11.7 Å². The third-order valence-corrected chi connectivity index (χ3v) is 5.24. The van der Waals surface area contributed by atoms with Gasteiger partial charge in [-0.3, -0.25) is 4.79 Å².